The van der Waals surface area contributed by atoms with Crippen molar-refractivity contribution in [3.05, 3.63) is 41.1 Å². The maximum atomic E-state index is 11.7. The molecule has 0 radical (unpaired) electrons. The first kappa shape index (κ1) is 24.9. The second kappa shape index (κ2) is 9.61. The Bertz CT molecular complexity index is 1280. The van der Waals surface area contributed by atoms with Gasteiger partial charge in [-0.15, -0.1) is 0 Å². The summed E-state index contributed by atoms with van der Waals surface area (Å²) in [6.07, 6.45) is 5.34. The zero-order chi connectivity index (χ0) is 25.5. The van der Waals surface area contributed by atoms with E-state index in [0.29, 0.717) is 12.4 Å². The van der Waals surface area contributed by atoms with Crippen LogP contribution in [0, 0.1) is 24.2 Å². The third-order valence-electron chi connectivity index (χ3n) is 7.79. The molecule has 1 aromatic heterocycles. The summed E-state index contributed by atoms with van der Waals surface area (Å²) in [6.45, 7) is 7.09. The summed E-state index contributed by atoms with van der Waals surface area (Å²) in [6, 6.07) is 8.82. The zero-order valence-corrected chi connectivity index (χ0v) is 22.2. The average Bonchev–Trinajstić information content (AvgIpc) is 3.16. The first-order valence-corrected chi connectivity index (χ1v) is 14.7. The first-order chi connectivity index (χ1) is 17.1. The molecule has 0 unspecified atom stereocenters. The van der Waals surface area contributed by atoms with E-state index >= 15 is 0 Å². The summed E-state index contributed by atoms with van der Waals surface area (Å²) < 4.78 is 23.4. The van der Waals surface area contributed by atoms with Gasteiger partial charge in [0.2, 0.25) is 5.95 Å². The van der Waals surface area contributed by atoms with Crippen LogP contribution in [-0.4, -0.2) is 79.0 Å². The lowest BCUT2D eigenvalue weighted by atomic mass is 9.82. The van der Waals surface area contributed by atoms with Crippen molar-refractivity contribution in [2.24, 2.45) is 5.92 Å². The van der Waals surface area contributed by atoms with Gasteiger partial charge in [-0.25, -0.2) is 13.4 Å². The summed E-state index contributed by atoms with van der Waals surface area (Å²) in [5.41, 5.74) is 4.48. The zero-order valence-electron chi connectivity index (χ0n) is 21.4. The summed E-state index contributed by atoms with van der Waals surface area (Å²) in [7, 11) is -0.837. The minimum absolute atomic E-state index is 0.207. The van der Waals surface area contributed by atoms with E-state index in [1.807, 2.05) is 13.1 Å². The minimum Gasteiger partial charge on any atom is -0.352 e. The Balaban J connectivity index is 1.26. The van der Waals surface area contributed by atoms with Crippen LogP contribution < -0.4 is 10.2 Å². The average molecular weight is 510 g/mol. The van der Waals surface area contributed by atoms with Crippen molar-refractivity contribution in [1.82, 2.24) is 19.8 Å². The molecule has 10 heteroatoms. The lowest BCUT2D eigenvalue weighted by molar-refractivity contribution is 0.0324. The third kappa shape index (κ3) is 5.19. The van der Waals surface area contributed by atoms with Gasteiger partial charge in [-0.1, -0.05) is 6.07 Å². The molecule has 36 heavy (non-hydrogen) atoms. The summed E-state index contributed by atoms with van der Waals surface area (Å²) >= 11 is 0. The Morgan fingerprint density at radius 3 is 2.61 bits per heavy atom. The lowest BCUT2D eigenvalue weighted by Gasteiger charge is -2.57. The minimum atomic E-state index is -2.96. The molecule has 2 fully saturated rings. The van der Waals surface area contributed by atoms with Gasteiger partial charge in [0.15, 0.2) is 0 Å². The number of benzene rings is 1. The SMILES string of the molecule is Cc1cnc(Nc2ccc3c(c2)CN(C)C3)nc1N1CC(CC#N)(N2CCC(CS(C)(=O)=O)CC2)C1. The Morgan fingerprint density at radius 2 is 1.92 bits per heavy atom. The molecule has 0 atom stereocenters. The molecule has 5 rings (SSSR count). The van der Waals surface area contributed by atoms with Crippen LogP contribution in [0.3, 0.4) is 0 Å². The van der Waals surface area contributed by atoms with Crippen LogP contribution in [0.25, 0.3) is 0 Å². The molecular formula is C26H35N7O2S. The van der Waals surface area contributed by atoms with Crippen LogP contribution in [-0.2, 0) is 22.9 Å². The molecule has 3 aliphatic heterocycles. The number of aryl methyl sites for hydroxylation is 1. The Hall–Kier alpha value is -2.74. The number of aromatic nitrogens is 2. The van der Waals surface area contributed by atoms with E-state index in [9.17, 15) is 13.7 Å². The number of hydrogen-bond donors (Lipinski definition) is 1. The van der Waals surface area contributed by atoms with Crippen molar-refractivity contribution in [2.75, 3.05) is 55.5 Å². The van der Waals surface area contributed by atoms with Crippen LogP contribution in [0.4, 0.5) is 17.5 Å². The normalized spacial score (nSPS) is 20.6. The van der Waals surface area contributed by atoms with Gasteiger partial charge < -0.3 is 10.2 Å². The fourth-order valence-corrected chi connectivity index (χ4v) is 7.16. The fourth-order valence-electron chi connectivity index (χ4n) is 5.97. The van der Waals surface area contributed by atoms with Crippen LogP contribution in [0.5, 0.6) is 0 Å². The number of likely N-dealkylation sites (tertiary alicyclic amines) is 1. The van der Waals surface area contributed by atoms with Crippen LogP contribution in [0.1, 0.15) is 36.0 Å². The van der Waals surface area contributed by atoms with Gasteiger partial charge in [-0.2, -0.15) is 10.2 Å². The van der Waals surface area contributed by atoms with Crippen molar-refractivity contribution in [3.8, 4) is 6.07 Å². The molecule has 0 aliphatic carbocycles. The molecule has 0 saturated carbocycles. The number of sulfone groups is 1. The van der Waals surface area contributed by atoms with Crippen molar-refractivity contribution in [2.45, 2.75) is 44.8 Å². The van der Waals surface area contributed by atoms with Crippen molar-refractivity contribution >= 4 is 27.3 Å². The van der Waals surface area contributed by atoms with Crippen LogP contribution in [0.15, 0.2) is 24.4 Å². The van der Waals surface area contributed by atoms with E-state index in [1.165, 1.54) is 17.4 Å². The summed E-state index contributed by atoms with van der Waals surface area (Å²) in [5.74, 6) is 1.94. The van der Waals surface area contributed by atoms with Crippen molar-refractivity contribution < 1.29 is 8.42 Å². The van der Waals surface area contributed by atoms with Gasteiger partial charge in [0.1, 0.15) is 15.7 Å². The van der Waals surface area contributed by atoms with Gasteiger partial charge in [0, 0.05) is 49.9 Å². The topological polar surface area (TPSA) is 105 Å². The van der Waals surface area contributed by atoms with E-state index in [1.54, 1.807) is 0 Å². The summed E-state index contributed by atoms with van der Waals surface area (Å²) in [5, 5.41) is 13.0. The summed E-state index contributed by atoms with van der Waals surface area (Å²) in [4.78, 5) is 16.3. The Labute approximate surface area is 214 Å². The highest BCUT2D eigenvalue weighted by molar-refractivity contribution is 7.90. The second-order valence-electron chi connectivity index (χ2n) is 10.9. The van der Waals surface area contributed by atoms with Gasteiger partial charge >= 0.3 is 0 Å². The first-order valence-electron chi connectivity index (χ1n) is 12.6. The number of rotatable bonds is 7. The lowest BCUT2D eigenvalue weighted by Crippen LogP contribution is -2.71. The highest BCUT2D eigenvalue weighted by Crippen LogP contribution is 2.38. The molecule has 3 aliphatic rings. The number of anilines is 3. The standard InChI is InChI=1S/C26H35N7O2S/c1-19-13-28-25(29-23-5-4-21-14-31(2)15-22(21)12-23)30-24(19)32-17-26(18-32,8-9-27)33-10-6-20(7-11-33)16-36(3,34)35/h4-5,12-13,20H,6-8,10-11,14-18H2,1-3H3,(H,28,29,30). The van der Waals surface area contributed by atoms with Crippen LogP contribution >= 0.6 is 0 Å². The van der Waals surface area contributed by atoms with Gasteiger partial charge in [0.25, 0.3) is 0 Å². The molecule has 1 aromatic carbocycles. The molecule has 9 nitrogen and oxygen atoms in total. The van der Waals surface area contributed by atoms with Gasteiger partial charge in [-0.3, -0.25) is 9.80 Å². The molecule has 0 amide bonds. The third-order valence-corrected chi connectivity index (χ3v) is 8.87. The molecule has 1 N–H and O–H groups in total. The quantitative estimate of drug-likeness (QED) is 0.603. The number of fused-ring (bicyclic) bond motifs is 1. The molecule has 192 valence electrons. The van der Waals surface area contributed by atoms with E-state index < -0.39 is 9.84 Å². The highest BCUT2D eigenvalue weighted by atomic mass is 32.2. The largest absolute Gasteiger partial charge is 0.352 e. The molecule has 4 heterocycles. The van der Waals surface area contributed by atoms with E-state index in [4.69, 9.17) is 4.98 Å². The van der Waals surface area contributed by atoms with E-state index in [0.717, 1.165) is 69.2 Å². The molecule has 2 saturated heterocycles. The number of hydrogen-bond acceptors (Lipinski definition) is 9. The molecule has 0 bridgehead atoms. The van der Waals surface area contributed by atoms with E-state index in [2.05, 4.69) is 56.3 Å². The molecular weight excluding hydrogens is 474 g/mol. The smallest absolute Gasteiger partial charge is 0.229 e. The highest BCUT2D eigenvalue weighted by Gasteiger charge is 2.49. The predicted octanol–water partition coefficient (Wildman–Crippen LogP) is 2.70. The van der Waals surface area contributed by atoms with E-state index in [-0.39, 0.29) is 17.2 Å². The number of nitrogens with zero attached hydrogens (tertiary/aromatic N) is 6. The Kier molecular flexibility index (Phi) is 6.66. The maximum Gasteiger partial charge on any atom is 0.229 e. The van der Waals surface area contributed by atoms with Gasteiger partial charge in [0.05, 0.1) is 23.8 Å². The van der Waals surface area contributed by atoms with Crippen molar-refractivity contribution in [1.29, 1.82) is 5.26 Å². The van der Waals surface area contributed by atoms with Gasteiger partial charge in [-0.05, 0) is 69.1 Å². The van der Waals surface area contributed by atoms with Crippen LogP contribution in [0.2, 0.25) is 0 Å². The fraction of sp³-hybridized carbons (Fsp3) is 0.577. The molecule has 2 aromatic rings. The second-order valence-corrected chi connectivity index (χ2v) is 13.1. The predicted molar refractivity (Wildman–Crippen MR) is 141 cm³/mol. The number of nitrogens with one attached hydrogen (secondary N) is 1. The maximum absolute atomic E-state index is 11.7. The molecule has 0 spiro atoms. The Morgan fingerprint density at radius 1 is 1.19 bits per heavy atom. The monoisotopic (exact) mass is 509 g/mol. The number of piperidine rings is 1. The van der Waals surface area contributed by atoms with Crippen molar-refractivity contribution in [3.63, 3.8) is 0 Å². The number of nitriles is 1.